The molecule has 0 saturated carbocycles. The molecule has 0 amide bonds. The van der Waals surface area contributed by atoms with E-state index in [1.807, 2.05) is 0 Å². The van der Waals surface area contributed by atoms with Gasteiger partial charge in [0.1, 0.15) is 18.2 Å². The van der Waals surface area contributed by atoms with Gasteiger partial charge in [0, 0.05) is 10.5 Å². The van der Waals surface area contributed by atoms with Gasteiger partial charge in [-0.25, -0.2) is 4.39 Å². The average Bonchev–Trinajstić information content (AvgIpc) is 2.34. The van der Waals surface area contributed by atoms with E-state index < -0.39 is 18.0 Å². The average molecular weight is 239 g/mol. The van der Waals surface area contributed by atoms with Crippen LogP contribution in [0.3, 0.4) is 0 Å². The van der Waals surface area contributed by atoms with Crippen LogP contribution in [0.25, 0.3) is 10.4 Å². The van der Waals surface area contributed by atoms with Crippen LogP contribution < -0.4 is 0 Å². The van der Waals surface area contributed by atoms with Crippen molar-refractivity contribution in [3.05, 3.63) is 45.6 Å². The lowest BCUT2D eigenvalue weighted by Gasteiger charge is -2.16. The molecule has 2 atom stereocenters. The highest BCUT2D eigenvalue weighted by Gasteiger charge is 2.18. The first-order chi connectivity index (χ1) is 8.08. The second-order valence-electron chi connectivity index (χ2n) is 3.36. The molecule has 1 aromatic carbocycles. The van der Waals surface area contributed by atoms with E-state index >= 15 is 0 Å². The maximum absolute atomic E-state index is 13.1. The monoisotopic (exact) mass is 239 g/mol. The van der Waals surface area contributed by atoms with Crippen LogP contribution in [-0.2, 0) is 0 Å². The Kier molecular flexibility index (Phi) is 4.59. The molecule has 1 rings (SSSR count). The van der Waals surface area contributed by atoms with Crippen molar-refractivity contribution in [2.45, 2.75) is 12.2 Å². The molecule has 0 aliphatic carbocycles. The Bertz CT molecular complexity index is 460. The lowest BCUT2D eigenvalue weighted by molar-refractivity contribution is 0.0242. The van der Waals surface area contributed by atoms with Gasteiger partial charge in [-0.3, -0.25) is 4.79 Å². The summed E-state index contributed by atoms with van der Waals surface area (Å²) in [5.41, 5.74) is 8.15. The molecular weight excluding hydrogens is 229 g/mol. The minimum atomic E-state index is -1.42. The van der Waals surface area contributed by atoms with Crippen molar-refractivity contribution in [2.75, 3.05) is 6.54 Å². The normalized spacial score (nSPS) is 13.6. The van der Waals surface area contributed by atoms with Gasteiger partial charge in [0.15, 0.2) is 0 Å². The summed E-state index contributed by atoms with van der Waals surface area (Å²) in [7, 11) is 0. The summed E-state index contributed by atoms with van der Waals surface area (Å²) in [6.45, 7) is -0.343. The highest BCUT2D eigenvalue weighted by atomic mass is 19.1. The standard InChI is InChI=1S/C10H10FN3O3/c11-8-2-6(5-15)1-7(3-8)10(17)9(16)4-13-14-12/h1-3,5,9-10,16-17H,4H2. The maximum atomic E-state index is 13.1. The molecule has 0 fully saturated rings. The van der Waals surface area contributed by atoms with Crippen LogP contribution in [0.4, 0.5) is 4.39 Å². The number of aliphatic hydroxyl groups is 2. The van der Waals surface area contributed by atoms with E-state index in [1.165, 1.54) is 6.07 Å². The summed E-state index contributed by atoms with van der Waals surface area (Å²) in [5, 5.41) is 22.2. The zero-order valence-electron chi connectivity index (χ0n) is 8.69. The van der Waals surface area contributed by atoms with Crippen molar-refractivity contribution in [1.29, 1.82) is 0 Å². The van der Waals surface area contributed by atoms with Gasteiger partial charge in [0.05, 0.1) is 12.6 Å². The molecule has 6 nitrogen and oxygen atoms in total. The van der Waals surface area contributed by atoms with E-state index in [0.29, 0.717) is 6.29 Å². The Morgan fingerprint density at radius 2 is 2.18 bits per heavy atom. The van der Waals surface area contributed by atoms with E-state index in [9.17, 15) is 19.4 Å². The van der Waals surface area contributed by atoms with Crippen LogP contribution in [0.2, 0.25) is 0 Å². The third kappa shape index (κ3) is 3.53. The van der Waals surface area contributed by atoms with Gasteiger partial charge in [-0.1, -0.05) is 5.11 Å². The second kappa shape index (κ2) is 5.95. The second-order valence-corrected chi connectivity index (χ2v) is 3.36. The van der Waals surface area contributed by atoms with E-state index in [4.69, 9.17) is 5.53 Å². The van der Waals surface area contributed by atoms with Crippen LogP contribution in [0.5, 0.6) is 0 Å². The van der Waals surface area contributed by atoms with Crippen molar-refractivity contribution >= 4 is 6.29 Å². The summed E-state index contributed by atoms with van der Waals surface area (Å²) in [5.74, 6) is -0.695. The fourth-order valence-electron chi connectivity index (χ4n) is 1.32. The number of carbonyl (C=O) groups excluding carboxylic acids is 1. The van der Waals surface area contributed by atoms with Crippen molar-refractivity contribution in [3.63, 3.8) is 0 Å². The van der Waals surface area contributed by atoms with Gasteiger partial charge in [0.2, 0.25) is 0 Å². The lowest BCUT2D eigenvalue weighted by Crippen LogP contribution is -2.21. The van der Waals surface area contributed by atoms with Gasteiger partial charge >= 0.3 is 0 Å². The van der Waals surface area contributed by atoms with Crippen molar-refractivity contribution in [1.82, 2.24) is 0 Å². The summed E-state index contributed by atoms with van der Waals surface area (Å²) in [4.78, 5) is 12.9. The molecule has 0 aromatic heterocycles. The number of azide groups is 1. The zero-order chi connectivity index (χ0) is 12.8. The third-order valence-corrected chi connectivity index (χ3v) is 2.12. The number of aldehydes is 1. The van der Waals surface area contributed by atoms with Gasteiger partial charge in [-0.05, 0) is 29.3 Å². The van der Waals surface area contributed by atoms with Crippen molar-refractivity contribution < 1.29 is 19.4 Å². The Balaban J connectivity index is 2.94. The van der Waals surface area contributed by atoms with E-state index in [0.717, 1.165) is 12.1 Å². The lowest BCUT2D eigenvalue weighted by atomic mass is 10.0. The van der Waals surface area contributed by atoms with Crippen molar-refractivity contribution in [3.8, 4) is 0 Å². The predicted molar refractivity (Wildman–Crippen MR) is 56.8 cm³/mol. The molecular formula is C10H10FN3O3. The van der Waals surface area contributed by atoms with Crippen molar-refractivity contribution in [2.24, 2.45) is 5.11 Å². The van der Waals surface area contributed by atoms with Crippen LogP contribution in [0.1, 0.15) is 22.0 Å². The molecule has 0 spiro atoms. The minimum absolute atomic E-state index is 0.0488. The Labute approximate surface area is 95.9 Å². The summed E-state index contributed by atoms with van der Waals surface area (Å²) in [6.07, 6.45) is -2.35. The van der Waals surface area contributed by atoms with Crippen LogP contribution in [0.15, 0.2) is 23.3 Å². The predicted octanol–water partition coefficient (Wildman–Crippen LogP) is 1.34. The SMILES string of the molecule is [N-]=[N+]=NCC(O)C(O)c1cc(F)cc(C=O)c1. The third-order valence-electron chi connectivity index (χ3n) is 2.12. The molecule has 0 saturated heterocycles. The molecule has 2 unspecified atom stereocenters. The molecule has 0 radical (unpaired) electrons. The largest absolute Gasteiger partial charge is 0.390 e. The molecule has 0 aliphatic rings. The Morgan fingerprint density at radius 1 is 1.47 bits per heavy atom. The van der Waals surface area contributed by atoms with Crippen LogP contribution in [0, 0.1) is 5.82 Å². The molecule has 0 bridgehead atoms. The first-order valence-corrected chi connectivity index (χ1v) is 4.71. The summed E-state index contributed by atoms with van der Waals surface area (Å²) in [6, 6.07) is 3.25. The van der Waals surface area contributed by atoms with Gasteiger partial charge < -0.3 is 10.2 Å². The Morgan fingerprint density at radius 3 is 2.76 bits per heavy atom. The number of aliphatic hydroxyl groups excluding tert-OH is 2. The highest BCUT2D eigenvalue weighted by molar-refractivity contribution is 5.75. The number of carbonyl (C=O) groups is 1. The van der Waals surface area contributed by atoms with Crippen LogP contribution >= 0.6 is 0 Å². The number of hydrogen-bond acceptors (Lipinski definition) is 4. The number of benzene rings is 1. The number of halogens is 1. The number of nitrogens with zero attached hydrogens (tertiary/aromatic N) is 3. The van der Waals surface area contributed by atoms with E-state index in [1.54, 1.807) is 0 Å². The smallest absolute Gasteiger partial charge is 0.150 e. The Hall–Kier alpha value is -1.95. The maximum Gasteiger partial charge on any atom is 0.150 e. The first-order valence-electron chi connectivity index (χ1n) is 4.71. The number of hydrogen-bond donors (Lipinski definition) is 2. The zero-order valence-corrected chi connectivity index (χ0v) is 8.69. The topological polar surface area (TPSA) is 106 Å². The molecule has 7 heteroatoms. The molecule has 0 heterocycles. The van der Waals surface area contributed by atoms with Crippen LogP contribution in [-0.4, -0.2) is 29.1 Å². The summed E-state index contributed by atoms with van der Waals surface area (Å²) >= 11 is 0. The molecule has 1 aromatic rings. The fourth-order valence-corrected chi connectivity index (χ4v) is 1.32. The fraction of sp³-hybridized carbons (Fsp3) is 0.300. The van der Waals surface area contributed by atoms with Gasteiger partial charge in [-0.15, -0.1) is 0 Å². The van der Waals surface area contributed by atoms with Gasteiger partial charge in [0.25, 0.3) is 0 Å². The minimum Gasteiger partial charge on any atom is -0.390 e. The van der Waals surface area contributed by atoms with E-state index in [2.05, 4.69) is 10.0 Å². The molecule has 2 N–H and O–H groups in total. The quantitative estimate of drug-likeness (QED) is 0.350. The molecule has 17 heavy (non-hydrogen) atoms. The molecule has 90 valence electrons. The number of rotatable bonds is 5. The highest BCUT2D eigenvalue weighted by Crippen LogP contribution is 2.19. The van der Waals surface area contributed by atoms with Gasteiger partial charge in [-0.2, -0.15) is 0 Å². The summed E-state index contributed by atoms with van der Waals surface area (Å²) < 4.78 is 13.1. The first kappa shape index (κ1) is 13.1. The van der Waals surface area contributed by atoms with E-state index in [-0.39, 0.29) is 17.7 Å². The molecule has 0 aliphatic heterocycles.